The van der Waals surface area contributed by atoms with Crippen molar-refractivity contribution >= 4 is 15.9 Å². The molecule has 0 radical (unpaired) electrons. The van der Waals surface area contributed by atoms with E-state index in [9.17, 15) is 13.2 Å². The van der Waals surface area contributed by atoms with Gasteiger partial charge in [-0.05, 0) is 31.7 Å². The van der Waals surface area contributed by atoms with E-state index in [1.165, 1.54) is 44.4 Å². The summed E-state index contributed by atoms with van der Waals surface area (Å²) in [6.07, 6.45) is 9.70. The maximum atomic E-state index is 13.2. The molecule has 0 bridgehead atoms. The first-order valence-corrected chi connectivity index (χ1v) is 13.0. The van der Waals surface area contributed by atoms with Gasteiger partial charge >= 0.3 is 11.8 Å². The zero-order chi connectivity index (χ0) is 22.1. The molecule has 1 saturated carbocycles. The van der Waals surface area contributed by atoms with Crippen molar-refractivity contribution in [3.63, 3.8) is 0 Å². The number of rotatable bonds is 5. The van der Waals surface area contributed by atoms with Crippen molar-refractivity contribution in [3.05, 3.63) is 18.2 Å². The van der Waals surface area contributed by atoms with Crippen molar-refractivity contribution in [2.75, 3.05) is 39.3 Å². The molecule has 0 spiro atoms. The van der Waals surface area contributed by atoms with Crippen LogP contribution >= 0.6 is 0 Å². The first kappa shape index (κ1) is 21.6. The molecule has 2 aromatic heterocycles. The summed E-state index contributed by atoms with van der Waals surface area (Å²) in [5.74, 6) is -0.243. The third kappa shape index (κ3) is 4.20. The first-order chi connectivity index (χ1) is 15.5. The second kappa shape index (κ2) is 8.95. The van der Waals surface area contributed by atoms with Crippen molar-refractivity contribution in [2.24, 2.45) is 0 Å². The number of nitrogens with one attached hydrogen (secondary N) is 1. The van der Waals surface area contributed by atoms with Gasteiger partial charge in [-0.1, -0.05) is 19.3 Å². The minimum absolute atomic E-state index is 0.0697. The molecule has 2 aliphatic heterocycles. The molecular weight excluding hydrogens is 432 g/mol. The maximum absolute atomic E-state index is 13.2. The van der Waals surface area contributed by atoms with Gasteiger partial charge in [-0.15, -0.1) is 10.2 Å². The molecule has 32 heavy (non-hydrogen) atoms. The van der Waals surface area contributed by atoms with Crippen LogP contribution in [0.4, 0.5) is 0 Å². The molecule has 3 fully saturated rings. The summed E-state index contributed by atoms with van der Waals surface area (Å²) < 4.78 is 33.4. The molecule has 11 heteroatoms. The monoisotopic (exact) mass is 462 g/mol. The molecule has 2 aromatic rings. The van der Waals surface area contributed by atoms with Crippen molar-refractivity contribution in [1.82, 2.24) is 29.3 Å². The van der Waals surface area contributed by atoms with Gasteiger partial charge in [0.15, 0.2) is 0 Å². The summed E-state index contributed by atoms with van der Waals surface area (Å²) in [5.41, 5.74) is 0.386. The summed E-state index contributed by atoms with van der Waals surface area (Å²) in [6.45, 7) is 3.91. The Balaban J connectivity index is 1.24. The van der Waals surface area contributed by atoms with Crippen LogP contribution in [-0.4, -0.2) is 88.9 Å². The lowest BCUT2D eigenvalue weighted by Gasteiger charge is -2.40. The van der Waals surface area contributed by atoms with Crippen LogP contribution in [0.5, 0.6) is 0 Å². The van der Waals surface area contributed by atoms with E-state index in [2.05, 4.69) is 20.1 Å². The van der Waals surface area contributed by atoms with Gasteiger partial charge in [0.2, 0.25) is 10.0 Å². The number of carbonyl (C=O) groups excluding carboxylic acids is 1. The molecule has 1 amide bonds. The van der Waals surface area contributed by atoms with Gasteiger partial charge in [0.25, 0.3) is 5.89 Å². The summed E-state index contributed by atoms with van der Waals surface area (Å²) in [5, 5.41) is 7.80. The molecule has 174 valence electrons. The first-order valence-electron chi connectivity index (χ1n) is 11.6. The molecular formula is C21H30N6O4S. The Morgan fingerprint density at radius 1 is 0.969 bits per heavy atom. The van der Waals surface area contributed by atoms with Crippen molar-refractivity contribution in [3.8, 4) is 11.6 Å². The number of aromatic amines is 1. The highest BCUT2D eigenvalue weighted by molar-refractivity contribution is 7.89. The van der Waals surface area contributed by atoms with Crippen LogP contribution in [0.2, 0.25) is 0 Å². The number of carbonyl (C=O) groups is 1. The predicted octanol–water partition coefficient (Wildman–Crippen LogP) is 1.94. The summed E-state index contributed by atoms with van der Waals surface area (Å²) in [6, 6.07) is 2.10. The molecule has 5 rings (SSSR count). The fraction of sp³-hybridized carbons (Fsp3) is 0.667. The standard InChI is InChI=1S/C21H30N6O4S/c28-21(26-8-4-5-9-26)20-24-23-19(31-20)18-14-17(15-22-18)32(29,30)27-12-10-25(11-13-27)16-6-2-1-3-7-16/h14-16,22H,1-13H2. The van der Waals surface area contributed by atoms with Crippen LogP contribution in [0.15, 0.2) is 21.6 Å². The van der Waals surface area contributed by atoms with E-state index in [4.69, 9.17) is 4.42 Å². The highest BCUT2D eigenvalue weighted by Gasteiger charge is 2.32. The van der Waals surface area contributed by atoms with Crippen LogP contribution in [0.1, 0.15) is 55.6 Å². The van der Waals surface area contributed by atoms with Gasteiger partial charge in [0, 0.05) is 51.5 Å². The molecule has 2 saturated heterocycles. The smallest absolute Gasteiger partial charge is 0.311 e. The average molecular weight is 463 g/mol. The number of hydrogen-bond acceptors (Lipinski definition) is 7. The minimum atomic E-state index is -3.62. The lowest BCUT2D eigenvalue weighted by Crippen LogP contribution is -2.52. The number of likely N-dealkylation sites (tertiary alicyclic amines) is 1. The third-order valence-corrected chi connectivity index (χ3v) is 8.77. The minimum Gasteiger partial charge on any atom is -0.411 e. The quantitative estimate of drug-likeness (QED) is 0.722. The van der Waals surface area contributed by atoms with E-state index in [-0.39, 0.29) is 22.6 Å². The second-order valence-corrected chi connectivity index (χ2v) is 10.8. The van der Waals surface area contributed by atoms with Gasteiger partial charge in [0.05, 0.1) is 0 Å². The van der Waals surface area contributed by atoms with E-state index < -0.39 is 10.0 Å². The molecule has 0 aromatic carbocycles. The Hall–Kier alpha value is -2.24. The van der Waals surface area contributed by atoms with Crippen molar-refractivity contribution in [2.45, 2.75) is 55.9 Å². The van der Waals surface area contributed by atoms with Crippen LogP contribution in [0.25, 0.3) is 11.6 Å². The fourth-order valence-electron chi connectivity index (χ4n) is 5.03. The molecule has 4 heterocycles. The molecule has 1 aliphatic carbocycles. The predicted molar refractivity (Wildman–Crippen MR) is 116 cm³/mol. The van der Waals surface area contributed by atoms with E-state index >= 15 is 0 Å². The molecule has 10 nitrogen and oxygen atoms in total. The SMILES string of the molecule is O=C(c1nnc(-c2cc(S(=O)(=O)N3CCN(C4CCCCC4)CC3)c[nH]2)o1)N1CCCC1. The highest BCUT2D eigenvalue weighted by Crippen LogP contribution is 2.27. The second-order valence-electron chi connectivity index (χ2n) is 8.89. The zero-order valence-electron chi connectivity index (χ0n) is 18.2. The Morgan fingerprint density at radius 2 is 1.69 bits per heavy atom. The number of H-pyrrole nitrogens is 1. The van der Waals surface area contributed by atoms with Crippen LogP contribution in [0.3, 0.4) is 0 Å². The lowest BCUT2D eigenvalue weighted by molar-refractivity contribution is 0.0754. The van der Waals surface area contributed by atoms with E-state index in [0.717, 1.165) is 25.9 Å². The van der Waals surface area contributed by atoms with Gasteiger partial charge in [-0.25, -0.2) is 8.42 Å². The Morgan fingerprint density at radius 3 is 2.41 bits per heavy atom. The largest absolute Gasteiger partial charge is 0.411 e. The van der Waals surface area contributed by atoms with Gasteiger partial charge in [-0.3, -0.25) is 9.69 Å². The number of nitrogens with zero attached hydrogens (tertiary/aromatic N) is 5. The number of amides is 1. The van der Waals surface area contributed by atoms with Gasteiger partial charge < -0.3 is 14.3 Å². The highest BCUT2D eigenvalue weighted by atomic mass is 32.2. The normalized spacial score (nSPS) is 21.9. The summed E-state index contributed by atoms with van der Waals surface area (Å²) >= 11 is 0. The average Bonchev–Trinajstić information content (AvgIpc) is 3.60. The van der Waals surface area contributed by atoms with Crippen LogP contribution in [-0.2, 0) is 10.0 Å². The zero-order valence-corrected chi connectivity index (χ0v) is 19.0. The molecule has 1 N–H and O–H groups in total. The Bertz CT molecular complexity index is 1040. The lowest BCUT2D eigenvalue weighted by atomic mass is 9.94. The maximum Gasteiger partial charge on any atom is 0.311 e. The van der Waals surface area contributed by atoms with Crippen LogP contribution < -0.4 is 0 Å². The molecule has 3 aliphatic rings. The Kier molecular flexibility index (Phi) is 6.04. The number of aromatic nitrogens is 3. The third-order valence-electron chi connectivity index (χ3n) is 6.89. The summed E-state index contributed by atoms with van der Waals surface area (Å²) in [4.78, 5) is 19.6. The number of sulfonamides is 1. The molecule has 0 atom stereocenters. The summed E-state index contributed by atoms with van der Waals surface area (Å²) in [7, 11) is -3.62. The number of piperazine rings is 1. The van der Waals surface area contributed by atoms with Crippen LogP contribution in [0, 0.1) is 0 Å². The van der Waals surface area contributed by atoms with Gasteiger partial charge in [-0.2, -0.15) is 4.31 Å². The topological polar surface area (TPSA) is 116 Å². The van der Waals surface area contributed by atoms with E-state index in [1.807, 2.05) is 0 Å². The Labute approximate surface area is 188 Å². The fourth-order valence-corrected chi connectivity index (χ4v) is 6.44. The van der Waals surface area contributed by atoms with E-state index in [0.29, 0.717) is 37.9 Å². The van der Waals surface area contributed by atoms with Crippen molar-refractivity contribution in [1.29, 1.82) is 0 Å². The van der Waals surface area contributed by atoms with Crippen molar-refractivity contribution < 1.29 is 17.6 Å². The molecule has 0 unspecified atom stereocenters. The number of hydrogen-bond donors (Lipinski definition) is 1. The van der Waals surface area contributed by atoms with Gasteiger partial charge in [0.1, 0.15) is 10.6 Å². The van der Waals surface area contributed by atoms with E-state index in [1.54, 1.807) is 9.21 Å².